The van der Waals surface area contributed by atoms with E-state index in [1.165, 1.54) is 0 Å². The highest BCUT2D eigenvalue weighted by Crippen LogP contribution is 2.04. The zero-order valence-corrected chi connectivity index (χ0v) is 5.99. The van der Waals surface area contributed by atoms with E-state index in [2.05, 4.69) is 12.2 Å². The minimum absolute atomic E-state index is 0. The van der Waals surface area contributed by atoms with E-state index in [1.807, 2.05) is 0 Å². The van der Waals surface area contributed by atoms with Gasteiger partial charge in [0.1, 0.15) is 0 Å². The van der Waals surface area contributed by atoms with Crippen molar-refractivity contribution in [3.8, 4) is 0 Å². The number of hydrogen-bond donors (Lipinski definition) is 1. The van der Waals surface area contributed by atoms with E-state index in [0.717, 1.165) is 6.54 Å². The third-order valence-corrected chi connectivity index (χ3v) is 1.50. The first-order chi connectivity index (χ1) is 3.34. The zero-order chi connectivity index (χ0) is 5.28. The predicted molar refractivity (Wildman–Crippen MR) is 35.5 cm³/mol. The molecule has 0 aromatic heterocycles. The van der Waals surface area contributed by atoms with Crippen molar-refractivity contribution < 1.29 is 4.74 Å². The molecule has 0 aliphatic carbocycles. The van der Waals surface area contributed by atoms with Crippen LogP contribution >= 0.6 is 12.4 Å². The fraction of sp³-hybridized carbons (Fsp3) is 1.00. The molecule has 8 heavy (non-hydrogen) atoms. The van der Waals surface area contributed by atoms with Gasteiger partial charge in [0.05, 0.1) is 6.10 Å². The molecule has 0 saturated carbocycles. The standard InChI is InChI=1S/C5H11NO.ClH/c1-4-5(7-2)3-6-4;/h4-6H,3H2,1-2H3;1H/t4?,5-;/m0./s1. The van der Waals surface area contributed by atoms with E-state index in [9.17, 15) is 0 Å². The lowest BCUT2D eigenvalue weighted by Crippen LogP contribution is -2.56. The number of ether oxygens (including phenoxy) is 1. The molecular formula is C5H12ClNO. The molecule has 1 saturated heterocycles. The van der Waals surface area contributed by atoms with Gasteiger partial charge in [-0.3, -0.25) is 0 Å². The molecule has 1 heterocycles. The van der Waals surface area contributed by atoms with Gasteiger partial charge in [-0.1, -0.05) is 0 Å². The molecule has 2 atom stereocenters. The molecule has 0 radical (unpaired) electrons. The Kier molecular flexibility index (Phi) is 3.36. The molecule has 0 bridgehead atoms. The van der Waals surface area contributed by atoms with Gasteiger partial charge in [-0.05, 0) is 6.92 Å². The third kappa shape index (κ3) is 1.34. The first-order valence-electron chi connectivity index (χ1n) is 2.61. The van der Waals surface area contributed by atoms with Crippen LogP contribution in [0.2, 0.25) is 0 Å². The van der Waals surface area contributed by atoms with E-state index in [4.69, 9.17) is 4.74 Å². The fourth-order valence-electron chi connectivity index (χ4n) is 0.737. The van der Waals surface area contributed by atoms with Crippen molar-refractivity contribution in [1.82, 2.24) is 5.32 Å². The van der Waals surface area contributed by atoms with Gasteiger partial charge in [-0.15, -0.1) is 12.4 Å². The largest absolute Gasteiger partial charge is 0.379 e. The van der Waals surface area contributed by atoms with Crippen molar-refractivity contribution in [3.05, 3.63) is 0 Å². The Bertz CT molecular complexity index is 67.4. The second kappa shape index (κ2) is 3.28. The Hall–Kier alpha value is 0.210. The van der Waals surface area contributed by atoms with Crippen molar-refractivity contribution in [2.75, 3.05) is 13.7 Å². The van der Waals surface area contributed by atoms with E-state index in [-0.39, 0.29) is 12.4 Å². The van der Waals surface area contributed by atoms with Crippen LogP contribution in [0.25, 0.3) is 0 Å². The van der Waals surface area contributed by atoms with Crippen LogP contribution in [0.1, 0.15) is 6.92 Å². The molecule has 0 aromatic carbocycles. The SMILES string of the molecule is CO[C@H]1CNC1C.Cl. The normalized spacial score (nSPS) is 35.2. The summed E-state index contributed by atoms with van der Waals surface area (Å²) in [6.45, 7) is 3.15. The molecule has 0 aromatic rings. The molecule has 1 aliphatic heterocycles. The lowest BCUT2D eigenvalue weighted by molar-refractivity contribution is 0.0231. The lowest BCUT2D eigenvalue weighted by atomic mass is 10.1. The average molecular weight is 138 g/mol. The molecule has 1 fully saturated rings. The van der Waals surface area contributed by atoms with Crippen LogP contribution in [0.5, 0.6) is 0 Å². The van der Waals surface area contributed by atoms with Gasteiger partial charge in [0.15, 0.2) is 0 Å². The zero-order valence-electron chi connectivity index (χ0n) is 5.18. The number of nitrogens with one attached hydrogen (secondary N) is 1. The van der Waals surface area contributed by atoms with Crippen LogP contribution in [0, 0.1) is 0 Å². The van der Waals surface area contributed by atoms with Gasteiger partial charge in [0.25, 0.3) is 0 Å². The summed E-state index contributed by atoms with van der Waals surface area (Å²) < 4.78 is 5.04. The Labute approximate surface area is 56.0 Å². The van der Waals surface area contributed by atoms with E-state index >= 15 is 0 Å². The van der Waals surface area contributed by atoms with E-state index in [0.29, 0.717) is 12.1 Å². The van der Waals surface area contributed by atoms with Crippen LogP contribution < -0.4 is 5.32 Å². The molecule has 1 rings (SSSR count). The van der Waals surface area contributed by atoms with Crippen molar-refractivity contribution in [2.24, 2.45) is 0 Å². The second-order valence-electron chi connectivity index (χ2n) is 1.97. The van der Waals surface area contributed by atoms with E-state index in [1.54, 1.807) is 7.11 Å². The predicted octanol–water partition coefficient (Wildman–Crippen LogP) is 0.415. The summed E-state index contributed by atoms with van der Waals surface area (Å²) in [5.74, 6) is 0. The average Bonchev–Trinajstić information content (AvgIpc) is 1.65. The highest BCUT2D eigenvalue weighted by atomic mass is 35.5. The summed E-state index contributed by atoms with van der Waals surface area (Å²) in [4.78, 5) is 0. The highest BCUT2D eigenvalue weighted by Gasteiger charge is 2.24. The molecule has 3 heteroatoms. The Morgan fingerprint density at radius 3 is 2.25 bits per heavy atom. The summed E-state index contributed by atoms with van der Waals surface area (Å²) >= 11 is 0. The van der Waals surface area contributed by atoms with Crippen molar-refractivity contribution in [2.45, 2.75) is 19.1 Å². The van der Waals surface area contributed by atoms with Gasteiger partial charge in [-0.2, -0.15) is 0 Å². The first-order valence-corrected chi connectivity index (χ1v) is 2.61. The molecule has 1 N–H and O–H groups in total. The molecule has 50 valence electrons. The van der Waals surface area contributed by atoms with Gasteiger partial charge in [0.2, 0.25) is 0 Å². The van der Waals surface area contributed by atoms with Gasteiger partial charge < -0.3 is 10.1 Å². The topological polar surface area (TPSA) is 21.3 Å². The summed E-state index contributed by atoms with van der Waals surface area (Å²) in [7, 11) is 1.75. The number of hydrogen-bond acceptors (Lipinski definition) is 2. The summed E-state index contributed by atoms with van der Waals surface area (Å²) in [6.07, 6.45) is 0.472. The van der Waals surface area contributed by atoms with Crippen LogP contribution in [0.3, 0.4) is 0 Å². The molecule has 1 aliphatic rings. The maximum atomic E-state index is 5.04. The Morgan fingerprint density at radius 1 is 1.62 bits per heavy atom. The Morgan fingerprint density at radius 2 is 2.25 bits per heavy atom. The third-order valence-electron chi connectivity index (χ3n) is 1.50. The van der Waals surface area contributed by atoms with Crippen LogP contribution in [-0.2, 0) is 4.74 Å². The second-order valence-corrected chi connectivity index (χ2v) is 1.97. The van der Waals surface area contributed by atoms with Gasteiger partial charge in [-0.25, -0.2) is 0 Å². The summed E-state index contributed by atoms with van der Waals surface area (Å²) in [5, 5.41) is 3.18. The maximum Gasteiger partial charge on any atom is 0.0845 e. The van der Waals surface area contributed by atoms with Crippen LogP contribution in [0.4, 0.5) is 0 Å². The smallest absolute Gasteiger partial charge is 0.0845 e. The minimum Gasteiger partial charge on any atom is -0.379 e. The monoisotopic (exact) mass is 137 g/mol. The quantitative estimate of drug-likeness (QED) is 0.566. The summed E-state index contributed by atoms with van der Waals surface area (Å²) in [6, 6.07) is 0.574. The van der Waals surface area contributed by atoms with Gasteiger partial charge >= 0.3 is 0 Å². The van der Waals surface area contributed by atoms with Crippen molar-refractivity contribution in [3.63, 3.8) is 0 Å². The van der Waals surface area contributed by atoms with Crippen molar-refractivity contribution >= 4 is 12.4 Å². The van der Waals surface area contributed by atoms with Crippen molar-refractivity contribution in [1.29, 1.82) is 0 Å². The molecule has 0 amide bonds. The first kappa shape index (κ1) is 8.21. The molecule has 1 unspecified atom stereocenters. The van der Waals surface area contributed by atoms with Crippen LogP contribution in [-0.4, -0.2) is 25.8 Å². The lowest BCUT2D eigenvalue weighted by Gasteiger charge is -2.33. The van der Waals surface area contributed by atoms with Crippen LogP contribution in [0.15, 0.2) is 0 Å². The molecular weight excluding hydrogens is 126 g/mol. The fourth-order valence-corrected chi connectivity index (χ4v) is 0.737. The molecule has 2 nitrogen and oxygen atoms in total. The number of methoxy groups -OCH3 is 1. The van der Waals surface area contributed by atoms with Gasteiger partial charge in [0, 0.05) is 19.7 Å². The Balaban J connectivity index is 0.000000490. The molecule has 0 spiro atoms. The number of rotatable bonds is 1. The minimum atomic E-state index is 0. The number of halogens is 1. The van der Waals surface area contributed by atoms with E-state index < -0.39 is 0 Å². The maximum absolute atomic E-state index is 5.04. The highest BCUT2D eigenvalue weighted by molar-refractivity contribution is 5.85. The summed E-state index contributed by atoms with van der Waals surface area (Å²) in [5.41, 5.74) is 0.